The Bertz CT molecular complexity index is 262. The van der Waals surface area contributed by atoms with Gasteiger partial charge in [-0.15, -0.1) is 0 Å². The van der Waals surface area contributed by atoms with Crippen LogP contribution in [0.15, 0.2) is 12.4 Å². The van der Waals surface area contributed by atoms with Gasteiger partial charge in [-0.2, -0.15) is 0 Å². The minimum absolute atomic E-state index is 0.762. The topological polar surface area (TPSA) is 41.1 Å². The molecule has 0 saturated carbocycles. The van der Waals surface area contributed by atoms with E-state index in [0.717, 1.165) is 24.6 Å². The van der Waals surface area contributed by atoms with Crippen molar-refractivity contribution in [3.05, 3.63) is 18.1 Å². The molecule has 1 heterocycles. The third-order valence-electron chi connectivity index (χ3n) is 1.90. The number of nitrogens with zero attached hydrogens (tertiary/aromatic N) is 3. The van der Waals surface area contributed by atoms with E-state index in [4.69, 9.17) is 0 Å². The van der Waals surface area contributed by atoms with Crippen molar-refractivity contribution in [2.45, 2.75) is 13.5 Å². The molecule has 4 nitrogen and oxygen atoms in total. The average Bonchev–Trinajstić information content (AvgIpc) is 2.18. The van der Waals surface area contributed by atoms with Crippen molar-refractivity contribution in [2.24, 2.45) is 0 Å². The van der Waals surface area contributed by atoms with E-state index in [1.54, 1.807) is 12.4 Å². The van der Waals surface area contributed by atoms with Gasteiger partial charge in [-0.3, -0.25) is 4.98 Å². The van der Waals surface area contributed by atoms with Gasteiger partial charge in [0.15, 0.2) is 0 Å². The minimum atomic E-state index is 0.762. The van der Waals surface area contributed by atoms with Crippen LogP contribution in [0.25, 0.3) is 0 Å². The molecule has 0 aliphatic carbocycles. The van der Waals surface area contributed by atoms with Gasteiger partial charge in [0.25, 0.3) is 0 Å². The van der Waals surface area contributed by atoms with Crippen LogP contribution in [-0.2, 0) is 6.54 Å². The van der Waals surface area contributed by atoms with E-state index < -0.39 is 0 Å². The van der Waals surface area contributed by atoms with Crippen LogP contribution in [0, 0.1) is 0 Å². The smallest absolute Gasteiger partial charge is 0.147 e. The summed E-state index contributed by atoms with van der Waals surface area (Å²) in [5.74, 6) is 0.926. The van der Waals surface area contributed by atoms with E-state index in [2.05, 4.69) is 27.1 Å². The first-order chi connectivity index (χ1) is 6.27. The lowest BCUT2D eigenvalue weighted by Crippen LogP contribution is -2.18. The summed E-state index contributed by atoms with van der Waals surface area (Å²) in [6, 6.07) is 0. The fourth-order valence-electron chi connectivity index (χ4n) is 1.01. The summed E-state index contributed by atoms with van der Waals surface area (Å²) < 4.78 is 0. The van der Waals surface area contributed by atoms with E-state index >= 15 is 0 Å². The van der Waals surface area contributed by atoms with Crippen molar-refractivity contribution in [2.75, 3.05) is 25.5 Å². The number of rotatable bonds is 4. The Kier molecular flexibility index (Phi) is 3.64. The highest BCUT2D eigenvalue weighted by Gasteiger charge is 2.00. The maximum Gasteiger partial charge on any atom is 0.147 e. The molecule has 72 valence electrons. The fourth-order valence-corrected chi connectivity index (χ4v) is 1.01. The van der Waals surface area contributed by atoms with E-state index in [-0.39, 0.29) is 0 Å². The second-order valence-electron chi connectivity index (χ2n) is 2.91. The Morgan fingerprint density at radius 2 is 2.23 bits per heavy atom. The molecule has 13 heavy (non-hydrogen) atoms. The summed E-state index contributed by atoms with van der Waals surface area (Å²) in [6.07, 6.45) is 3.56. The largest absolute Gasteiger partial charge is 0.359 e. The Morgan fingerprint density at radius 1 is 1.46 bits per heavy atom. The second kappa shape index (κ2) is 4.77. The molecule has 0 amide bonds. The van der Waals surface area contributed by atoms with E-state index in [1.165, 1.54) is 0 Å². The van der Waals surface area contributed by atoms with Crippen LogP contribution in [-0.4, -0.2) is 30.6 Å². The lowest BCUT2D eigenvalue weighted by Gasteiger charge is -2.15. The van der Waals surface area contributed by atoms with Crippen molar-refractivity contribution in [1.29, 1.82) is 0 Å². The van der Waals surface area contributed by atoms with Gasteiger partial charge in [-0.05, 0) is 14.0 Å². The molecule has 0 spiro atoms. The molecular weight excluding hydrogens is 164 g/mol. The lowest BCUT2D eigenvalue weighted by molar-refractivity contribution is 0.778. The van der Waals surface area contributed by atoms with Crippen molar-refractivity contribution in [3.63, 3.8) is 0 Å². The van der Waals surface area contributed by atoms with Crippen LogP contribution in [0.4, 0.5) is 5.82 Å². The molecule has 0 aliphatic heterocycles. The molecule has 0 aromatic carbocycles. The Morgan fingerprint density at radius 3 is 2.85 bits per heavy atom. The highest BCUT2D eigenvalue weighted by molar-refractivity contribution is 5.34. The first-order valence-electron chi connectivity index (χ1n) is 4.44. The highest BCUT2D eigenvalue weighted by Crippen LogP contribution is 2.06. The van der Waals surface area contributed by atoms with Gasteiger partial charge in [-0.1, -0.05) is 0 Å². The molecule has 1 aromatic heterocycles. The molecule has 1 aromatic rings. The highest BCUT2D eigenvalue weighted by atomic mass is 15.2. The Labute approximate surface area is 79.0 Å². The minimum Gasteiger partial charge on any atom is -0.359 e. The summed E-state index contributed by atoms with van der Waals surface area (Å²) >= 11 is 0. The zero-order chi connectivity index (χ0) is 9.68. The maximum absolute atomic E-state index is 4.43. The zero-order valence-electron chi connectivity index (χ0n) is 8.41. The first kappa shape index (κ1) is 9.92. The quantitative estimate of drug-likeness (QED) is 0.738. The molecular formula is C9H16N4. The predicted octanol–water partition coefficient (Wildman–Crippen LogP) is 0.652. The molecule has 0 aliphatic rings. The van der Waals surface area contributed by atoms with E-state index in [0.29, 0.717) is 0 Å². The van der Waals surface area contributed by atoms with Crippen LogP contribution in [0.5, 0.6) is 0 Å². The molecule has 0 unspecified atom stereocenters. The van der Waals surface area contributed by atoms with Crippen LogP contribution < -0.4 is 10.2 Å². The molecule has 1 N–H and O–H groups in total. The predicted molar refractivity (Wildman–Crippen MR) is 53.7 cm³/mol. The number of nitrogens with one attached hydrogen (secondary N) is 1. The van der Waals surface area contributed by atoms with Gasteiger partial charge >= 0.3 is 0 Å². The second-order valence-corrected chi connectivity index (χ2v) is 2.91. The molecule has 0 fully saturated rings. The number of hydrogen-bond acceptors (Lipinski definition) is 4. The first-order valence-corrected chi connectivity index (χ1v) is 4.44. The molecule has 0 atom stereocenters. The van der Waals surface area contributed by atoms with E-state index in [1.807, 2.05) is 14.1 Å². The standard InChI is InChI=1S/C9H16N4/c1-4-13(3)9-7-11-6-8(12-9)5-10-2/h6-7,10H,4-5H2,1-3H3. The summed E-state index contributed by atoms with van der Waals surface area (Å²) in [6.45, 7) is 3.79. The number of hydrogen-bond donors (Lipinski definition) is 1. The van der Waals surface area contributed by atoms with Crippen LogP contribution in [0.1, 0.15) is 12.6 Å². The van der Waals surface area contributed by atoms with Crippen molar-refractivity contribution < 1.29 is 0 Å². The van der Waals surface area contributed by atoms with Gasteiger partial charge in [0.05, 0.1) is 11.9 Å². The zero-order valence-corrected chi connectivity index (χ0v) is 8.41. The number of aromatic nitrogens is 2. The molecule has 0 saturated heterocycles. The molecule has 1 rings (SSSR count). The van der Waals surface area contributed by atoms with Crippen molar-refractivity contribution >= 4 is 5.82 Å². The van der Waals surface area contributed by atoms with Gasteiger partial charge in [-0.25, -0.2) is 4.98 Å². The molecule has 0 radical (unpaired) electrons. The molecule has 0 bridgehead atoms. The van der Waals surface area contributed by atoms with Crippen molar-refractivity contribution in [3.8, 4) is 0 Å². The van der Waals surface area contributed by atoms with E-state index in [9.17, 15) is 0 Å². The van der Waals surface area contributed by atoms with Gasteiger partial charge in [0.1, 0.15) is 5.82 Å². The van der Waals surface area contributed by atoms with Crippen molar-refractivity contribution in [1.82, 2.24) is 15.3 Å². The Balaban J connectivity index is 2.78. The van der Waals surface area contributed by atoms with Gasteiger partial charge in [0, 0.05) is 26.3 Å². The average molecular weight is 180 g/mol. The fraction of sp³-hybridized carbons (Fsp3) is 0.556. The monoisotopic (exact) mass is 180 g/mol. The summed E-state index contributed by atoms with van der Waals surface area (Å²) in [5.41, 5.74) is 0.973. The van der Waals surface area contributed by atoms with Crippen LogP contribution in [0.3, 0.4) is 0 Å². The third kappa shape index (κ3) is 2.66. The lowest BCUT2D eigenvalue weighted by atomic mass is 10.4. The third-order valence-corrected chi connectivity index (χ3v) is 1.90. The number of anilines is 1. The SMILES string of the molecule is CCN(C)c1cncc(CNC)n1. The summed E-state index contributed by atoms with van der Waals surface area (Å²) in [7, 11) is 3.91. The Hall–Kier alpha value is -1.16. The summed E-state index contributed by atoms with van der Waals surface area (Å²) in [5, 5.41) is 3.05. The van der Waals surface area contributed by atoms with Gasteiger partial charge < -0.3 is 10.2 Å². The molecule has 4 heteroatoms. The normalized spacial score (nSPS) is 10.1. The van der Waals surface area contributed by atoms with Crippen LogP contribution in [0.2, 0.25) is 0 Å². The van der Waals surface area contributed by atoms with Gasteiger partial charge in [0.2, 0.25) is 0 Å². The maximum atomic E-state index is 4.43. The summed E-state index contributed by atoms with van der Waals surface area (Å²) in [4.78, 5) is 10.6. The van der Waals surface area contributed by atoms with Crippen LogP contribution >= 0.6 is 0 Å².